The van der Waals surface area contributed by atoms with Gasteiger partial charge >= 0.3 is 0 Å². The summed E-state index contributed by atoms with van der Waals surface area (Å²) in [6, 6.07) is 8.37. The minimum absolute atomic E-state index is 0.520. The average Bonchev–Trinajstić information content (AvgIpc) is 3.01. The summed E-state index contributed by atoms with van der Waals surface area (Å²) in [6.45, 7) is 2.02. The van der Waals surface area contributed by atoms with Crippen molar-refractivity contribution in [1.29, 1.82) is 0 Å². The molecule has 118 valence electrons. The predicted octanol–water partition coefficient (Wildman–Crippen LogP) is 3.42. The lowest BCUT2D eigenvalue weighted by Crippen LogP contribution is -2.21. The van der Waals surface area contributed by atoms with Crippen molar-refractivity contribution in [2.75, 3.05) is 27.3 Å². The molecule has 1 aromatic rings. The van der Waals surface area contributed by atoms with Gasteiger partial charge in [-0.05, 0) is 63.2 Å². The Bertz CT molecular complexity index is 402. The third-order valence-electron chi connectivity index (χ3n) is 4.36. The SMILES string of the molecule is CNCC(CCCC1CCCO1)Cc1ccccc1OC. The van der Waals surface area contributed by atoms with Crippen LogP contribution in [0.15, 0.2) is 24.3 Å². The summed E-state index contributed by atoms with van der Waals surface area (Å²) in [5.41, 5.74) is 1.32. The van der Waals surface area contributed by atoms with E-state index in [0.29, 0.717) is 12.0 Å². The number of methoxy groups -OCH3 is 1. The van der Waals surface area contributed by atoms with Crippen LogP contribution in [0.5, 0.6) is 5.75 Å². The molecule has 1 saturated heterocycles. The van der Waals surface area contributed by atoms with Crippen LogP contribution < -0.4 is 10.1 Å². The maximum atomic E-state index is 5.71. The minimum atomic E-state index is 0.520. The molecule has 1 fully saturated rings. The van der Waals surface area contributed by atoms with E-state index in [1.807, 2.05) is 13.1 Å². The smallest absolute Gasteiger partial charge is 0.122 e. The normalized spacial score (nSPS) is 19.6. The molecule has 0 aliphatic carbocycles. The topological polar surface area (TPSA) is 30.5 Å². The van der Waals surface area contributed by atoms with Crippen LogP contribution in [0, 0.1) is 5.92 Å². The molecule has 1 heterocycles. The van der Waals surface area contributed by atoms with E-state index in [0.717, 1.165) is 25.3 Å². The molecule has 1 N–H and O–H groups in total. The highest BCUT2D eigenvalue weighted by molar-refractivity contribution is 5.33. The molecule has 1 aliphatic heterocycles. The Morgan fingerprint density at radius 3 is 2.95 bits per heavy atom. The summed E-state index contributed by atoms with van der Waals surface area (Å²) in [5, 5.41) is 3.33. The zero-order valence-corrected chi connectivity index (χ0v) is 13.4. The summed E-state index contributed by atoms with van der Waals surface area (Å²) in [4.78, 5) is 0. The van der Waals surface area contributed by atoms with Gasteiger partial charge in [-0.15, -0.1) is 0 Å². The summed E-state index contributed by atoms with van der Waals surface area (Å²) < 4.78 is 11.2. The quantitative estimate of drug-likeness (QED) is 0.756. The van der Waals surface area contributed by atoms with Crippen LogP contribution in [0.4, 0.5) is 0 Å². The van der Waals surface area contributed by atoms with Gasteiger partial charge in [0.1, 0.15) is 5.75 Å². The zero-order valence-electron chi connectivity index (χ0n) is 13.4. The number of benzene rings is 1. The predicted molar refractivity (Wildman–Crippen MR) is 86.9 cm³/mol. The summed E-state index contributed by atoms with van der Waals surface area (Å²) in [7, 11) is 3.79. The molecule has 0 spiro atoms. The van der Waals surface area contributed by atoms with E-state index in [-0.39, 0.29) is 0 Å². The van der Waals surface area contributed by atoms with Crippen LogP contribution in [-0.4, -0.2) is 33.4 Å². The van der Waals surface area contributed by atoms with Gasteiger partial charge in [-0.1, -0.05) is 24.6 Å². The second-order valence-corrected chi connectivity index (χ2v) is 6.01. The fraction of sp³-hybridized carbons (Fsp3) is 0.667. The number of rotatable bonds is 9. The highest BCUT2D eigenvalue weighted by Crippen LogP contribution is 2.24. The molecule has 0 amide bonds. The van der Waals surface area contributed by atoms with Crippen molar-refractivity contribution in [2.45, 2.75) is 44.6 Å². The molecular weight excluding hydrogens is 262 g/mol. The van der Waals surface area contributed by atoms with Crippen molar-refractivity contribution in [1.82, 2.24) is 5.32 Å². The Kier molecular flexibility index (Phi) is 7.04. The largest absolute Gasteiger partial charge is 0.496 e. The van der Waals surface area contributed by atoms with Gasteiger partial charge in [-0.25, -0.2) is 0 Å². The molecule has 0 bridgehead atoms. The first kappa shape index (κ1) is 16.3. The Hall–Kier alpha value is -1.06. The number of hydrogen-bond acceptors (Lipinski definition) is 3. The van der Waals surface area contributed by atoms with Crippen molar-refractivity contribution < 1.29 is 9.47 Å². The maximum Gasteiger partial charge on any atom is 0.122 e. The van der Waals surface area contributed by atoms with E-state index in [2.05, 4.69) is 23.5 Å². The van der Waals surface area contributed by atoms with Crippen LogP contribution >= 0.6 is 0 Å². The maximum absolute atomic E-state index is 5.71. The third kappa shape index (κ3) is 5.33. The van der Waals surface area contributed by atoms with Crippen LogP contribution in [0.1, 0.15) is 37.7 Å². The second-order valence-electron chi connectivity index (χ2n) is 6.01. The van der Waals surface area contributed by atoms with Crippen LogP contribution in [0.25, 0.3) is 0 Å². The van der Waals surface area contributed by atoms with Crippen LogP contribution in [0.3, 0.4) is 0 Å². The Balaban J connectivity index is 1.82. The summed E-state index contributed by atoms with van der Waals surface area (Å²) in [5.74, 6) is 1.67. The van der Waals surface area contributed by atoms with E-state index < -0.39 is 0 Å². The van der Waals surface area contributed by atoms with Gasteiger partial charge in [0.05, 0.1) is 13.2 Å². The van der Waals surface area contributed by atoms with Crippen molar-refractivity contribution >= 4 is 0 Å². The Morgan fingerprint density at radius 2 is 2.24 bits per heavy atom. The molecule has 3 heteroatoms. The van der Waals surface area contributed by atoms with Gasteiger partial charge in [-0.3, -0.25) is 0 Å². The summed E-state index contributed by atoms with van der Waals surface area (Å²) in [6.07, 6.45) is 7.81. The number of ether oxygens (including phenoxy) is 2. The standard InChI is InChI=1S/C18H29NO2/c1-19-14-15(7-5-9-17-10-6-12-21-17)13-16-8-3-4-11-18(16)20-2/h3-4,8,11,15,17,19H,5-7,9-10,12-14H2,1-2H3. The molecule has 21 heavy (non-hydrogen) atoms. The zero-order chi connectivity index (χ0) is 14.9. The van der Waals surface area contributed by atoms with E-state index in [4.69, 9.17) is 9.47 Å². The number of para-hydroxylation sites is 1. The molecule has 1 aromatic carbocycles. The fourth-order valence-electron chi connectivity index (χ4n) is 3.25. The molecule has 2 rings (SSSR count). The van der Waals surface area contributed by atoms with Crippen molar-refractivity contribution in [2.24, 2.45) is 5.92 Å². The van der Waals surface area contributed by atoms with Crippen LogP contribution in [-0.2, 0) is 11.2 Å². The molecule has 2 atom stereocenters. The first-order valence-corrected chi connectivity index (χ1v) is 8.21. The minimum Gasteiger partial charge on any atom is -0.496 e. The van der Waals surface area contributed by atoms with E-state index in [1.165, 1.54) is 37.7 Å². The van der Waals surface area contributed by atoms with E-state index >= 15 is 0 Å². The van der Waals surface area contributed by atoms with Gasteiger partial charge in [0.15, 0.2) is 0 Å². The van der Waals surface area contributed by atoms with Gasteiger partial charge in [0.2, 0.25) is 0 Å². The second kappa shape index (κ2) is 9.06. The molecule has 2 unspecified atom stereocenters. The highest BCUT2D eigenvalue weighted by Gasteiger charge is 2.17. The lowest BCUT2D eigenvalue weighted by atomic mass is 9.92. The van der Waals surface area contributed by atoms with E-state index in [9.17, 15) is 0 Å². The molecule has 0 radical (unpaired) electrons. The first-order valence-electron chi connectivity index (χ1n) is 8.21. The van der Waals surface area contributed by atoms with Gasteiger partial charge in [0, 0.05) is 6.61 Å². The highest BCUT2D eigenvalue weighted by atomic mass is 16.5. The lowest BCUT2D eigenvalue weighted by molar-refractivity contribution is 0.101. The Labute approximate surface area is 129 Å². The third-order valence-corrected chi connectivity index (χ3v) is 4.36. The molecule has 0 aromatic heterocycles. The lowest BCUT2D eigenvalue weighted by Gasteiger charge is -2.19. The average molecular weight is 291 g/mol. The first-order chi connectivity index (χ1) is 10.3. The monoisotopic (exact) mass is 291 g/mol. The van der Waals surface area contributed by atoms with Gasteiger partial charge in [-0.2, -0.15) is 0 Å². The van der Waals surface area contributed by atoms with Crippen LogP contribution in [0.2, 0.25) is 0 Å². The molecule has 3 nitrogen and oxygen atoms in total. The molecular formula is C18H29NO2. The van der Waals surface area contributed by atoms with Crippen molar-refractivity contribution in [3.63, 3.8) is 0 Å². The molecule has 0 saturated carbocycles. The summed E-state index contributed by atoms with van der Waals surface area (Å²) >= 11 is 0. The van der Waals surface area contributed by atoms with Gasteiger partial charge < -0.3 is 14.8 Å². The number of nitrogens with one attached hydrogen (secondary N) is 1. The van der Waals surface area contributed by atoms with E-state index in [1.54, 1.807) is 7.11 Å². The van der Waals surface area contributed by atoms with Crippen molar-refractivity contribution in [3.8, 4) is 5.75 Å². The van der Waals surface area contributed by atoms with Crippen molar-refractivity contribution in [3.05, 3.63) is 29.8 Å². The van der Waals surface area contributed by atoms with Gasteiger partial charge in [0.25, 0.3) is 0 Å². The Morgan fingerprint density at radius 1 is 1.38 bits per heavy atom. The fourth-order valence-corrected chi connectivity index (χ4v) is 3.25. The molecule has 1 aliphatic rings. The number of hydrogen-bond donors (Lipinski definition) is 1.